The number of halogens is 1. The molecule has 0 atom stereocenters. The Labute approximate surface area is 122 Å². The fourth-order valence-corrected chi connectivity index (χ4v) is 3.00. The second-order valence-electron chi connectivity index (χ2n) is 4.04. The largest absolute Gasteiger partial charge is 0.373 e. The Bertz CT molecular complexity index is 560. The lowest BCUT2D eigenvalue weighted by Crippen LogP contribution is -2.02. The molecule has 0 aliphatic carbocycles. The average Bonchev–Trinajstić information content (AvgIpc) is 2.43. The van der Waals surface area contributed by atoms with E-state index >= 15 is 0 Å². The minimum Gasteiger partial charge on any atom is -0.373 e. The van der Waals surface area contributed by atoms with E-state index in [2.05, 4.69) is 22.2 Å². The first kappa shape index (κ1) is 14.2. The van der Waals surface area contributed by atoms with E-state index in [0.717, 1.165) is 39.2 Å². The molecule has 1 aromatic carbocycles. The number of benzene rings is 1. The molecular weight excluding hydrogens is 278 g/mol. The van der Waals surface area contributed by atoms with Gasteiger partial charge in [-0.1, -0.05) is 48.8 Å². The summed E-state index contributed by atoms with van der Waals surface area (Å²) in [5.41, 5.74) is 1.15. The SMILES string of the molecule is CCCc1c(NC)ncnc1Sc1ccccc1Cl. The molecule has 100 valence electrons. The van der Waals surface area contributed by atoms with Crippen molar-refractivity contribution < 1.29 is 0 Å². The highest BCUT2D eigenvalue weighted by molar-refractivity contribution is 7.99. The van der Waals surface area contributed by atoms with Gasteiger partial charge in [-0.3, -0.25) is 0 Å². The van der Waals surface area contributed by atoms with E-state index in [1.54, 1.807) is 18.1 Å². The number of anilines is 1. The van der Waals surface area contributed by atoms with Crippen LogP contribution in [0.15, 0.2) is 40.5 Å². The molecule has 19 heavy (non-hydrogen) atoms. The van der Waals surface area contributed by atoms with Crippen LogP contribution in [0.4, 0.5) is 5.82 Å². The topological polar surface area (TPSA) is 37.8 Å². The van der Waals surface area contributed by atoms with Crippen LogP contribution in [0.3, 0.4) is 0 Å². The van der Waals surface area contributed by atoms with Crippen LogP contribution in [0.1, 0.15) is 18.9 Å². The van der Waals surface area contributed by atoms with Crippen LogP contribution in [0.5, 0.6) is 0 Å². The van der Waals surface area contributed by atoms with Crippen LogP contribution in [-0.4, -0.2) is 17.0 Å². The third-order valence-corrected chi connectivity index (χ3v) is 4.25. The van der Waals surface area contributed by atoms with Crippen molar-refractivity contribution in [1.29, 1.82) is 0 Å². The minimum absolute atomic E-state index is 0.750. The van der Waals surface area contributed by atoms with Crippen LogP contribution >= 0.6 is 23.4 Å². The van der Waals surface area contributed by atoms with Crippen LogP contribution < -0.4 is 5.32 Å². The average molecular weight is 294 g/mol. The third-order valence-electron chi connectivity index (χ3n) is 2.69. The Hall–Kier alpha value is -1.26. The molecule has 1 N–H and O–H groups in total. The number of nitrogens with zero attached hydrogens (tertiary/aromatic N) is 2. The quantitative estimate of drug-likeness (QED) is 0.835. The maximum Gasteiger partial charge on any atom is 0.133 e. The Morgan fingerprint density at radius 2 is 2.05 bits per heavy atom. The van der Waals surface area contributed by atoms with Gasteiger partial charge in [0.25, 0.3) is 0 Å². The molecule has 0 radical (unpaired) electrons. The number of hydrogen-bond acceptors (Lipinski definition) is 4. The van der Waals surface area contributed by atoms with Crippen molar-refractivity contribution in [3.8, 4) is 0 Å². The molecular formula is C14H16ClN3S. The van der Waals surface area contributed by atoms with Gasteiger partial charge in [0.1, 0.15) is 17.2 Å². The van der Waals surface area contributed by atoms with Gasteiger partial charge in [0.2, 0.25) is 0 Å². The van der Waals surface area contributed by atoms with Crippen molar-refractivity contribution in [1.82, 2.24) is 9.97 Å². The second kappa shape index (κ2) is 6.78. The lowest BCUT2D eigenvalue weighted by molar-refractivity contribution is 0.858. The molecule has 5 heteroatoms. The summed E-state index contributed by atoms with van der Waals surface area (Å²) in [6, 6.07) is 7.81. The van der Waals surface area contributed by atoms with E-state index in [1.165, 1.54) is 0 Å². The van der Waals surface area contributed by atoms with E-state index in [1.807, 2.05) is 31.3 Å². The van der Waals surface area contributed by atoms with Crippen molar-refractivity contribution in [3.63, 3.8) is 0 Å². The number of aromatic nitrogens is 2. The molecule has 0 fully saturated rings. The Morgan fingerprint density at radius 3 is 2.74 bits per heavy atom. The Kier molecular flexibility index (Phi) is 5.05. The molecule has 2 rings (SSSR count). The maximum absolute atomic E-state index is 6.20. The molecule has 0 aliphatic rings. The fourth-order valence-electron chi connectivity index (χ4n) is 1.81. The van der Waals surface area contributed by atoms with Crippen LogP contribution in [0.2, 0.25) is 5.02 Å². The molecule has 1 aromatic heterocycles. The molecule has 0 bridgehead atoms. The van der Waals surface area contributed by atoms with Gasteiger partial charge in [0.15, 0.2) is 0 Å². The van der Waals surface area contributed by atoms with Crippen LogP contribution in [0, 0.1) is 0 Å². The summed E-state index contributed by atoms with van der Waals surface area (Å²) in [4.78, 5) is 9.68. The molecule has 2 aromatic rings. The predicted octanol–water partition coefficient (Wildman–Crippen LogP) is 4.28. The van der Waals surface area contributed by atoms with E-state index in [-0.39, 0.29) is 0 Å². The van der Waals surface area contributed by atoms with Gasteiger partial charge in [-0.05, 0) is 18.6 Å². The summed E-state index contributed by atoms with van der Waals surface area (Å²) in [5.74, 6) is 0.895. The Morgan fingerprint density at radius 1 is 1.26 bits per heavy atom. The molecule has 0 unspecified atom stereocenters. The predicted molar refractivity (Wildman–Crippen MR) is 81.1 cm³/mol. The summed E-state index contributed by atoms with van der Waals surface area (Å²) < 4.78 is 0. The maximum atomic E-state index is 6.20. The zero-order valence-corrected chi connectivity index (χ0v) is 12.6. The number of hydrogen-bond donors (Lipinski definition) is 1. The van der Waals surface area contributed by atoms with Gasteiger partial charge in [0, 0.05) is 17.5 Å². The summed E-state index contributed by atoms with van der Waals surface area (Å²) in [5, 5.41) is 4.84. The van der Waals surface area contributed by atoms with Gasteiger partial charge < -0.3 is 5.32 Å². The summed E-state index contributed by atoms with van der Waals surface area (Å²) in [6.45, 7) is 2.15. The van der Waals surface area contributed by atoms with Crippen molar-refractivity contribution in [2.75, 3.05) is 12.4 Å². The van der Waals surface area contributed by atoms with Crippen molar-refractivity contribution in [3.05, 3.63) is 41.2 Å². The fraction of sp³-hybridized carbons (Fsp3) is 0.286. The lowest BCUT2D eigenvalue weighted by Gasteiger charge is -2.12. The summed E-state index contributed by atoms with van der Waals surface area (Å²) in [6.07, 6.45) is 3.59. The summed E-state index contributed by atoms with van der Waals surface area (Å²) >= 11 is 7.78. The minimum atomic E-state index is 0.750. The zero-order valence-electron chi connectivity index (χ0n) is 11.0. The number of rotatable bonds is 5. The first-order valence-corrected chi connectivity index (χ1v) is 7.39. The molecule has 0 saturated heterocycles. The first-order chi connectivity index (χ1) is 9.26. The number of nitrogens with one attached hydrogen (secondary N) is 1. The highest BCUT2D eigenvalue weighted by Crippen LogP contribution is 2.35. The third kappa shape index (κ3) is 3.39. The van der Waals surface area contributed by atoms with Gasteiger partial charge >= 0.3 is 0 Å². The monoisotopic (exact) mass is 293 g/mol. The lowest BCUT2D eigenvalue weighted by atomic mass is 10.2. The molecule has 1 heterocycles. The van der Waals surface area contributed by atoms with Crippen molar-refractivity contribution >= 4 is 29.2 Å². The first-order valence-electron chi connectivity index (χ1n) is 6.20. The van der Waals surface area contributed by atoms with E-state index < -0.39 is 0 Å². The highest BCUT2D eigenvalue weighted by Gasteiger charge is 2.12. The molecule has 0 spiro atoms. The second-order valence-corrected chi connectivity index (χ2v) is 5.48. The van der Waals surface area contributed by atoms with E-state index in [9.17, 15) is 0 Å². The molecule has 0 amide bonds. The van der Waals surface area contributed by atoms with Crippen LogP contribution in [-0.2, 0) is 6.42 Å². The van der Waals surface area contributed by atoms with Crippen molar-refractivity contribution in [2.24, 2.45) is 0 Å². The van der Waals surface area contributed by atoms with Crippen LogP contribution in [0.25, 0.3) is 0 Å². The van der Waals surface area contributed by atoms with Gasteiger partial charge in [-0.25, -0.2) is 9.97 Å². The Balaban J connectivity index is 2.37. The highest BCUT2D eigenvalue weighted by atomic mass is 35.5. The van der Waals surface area contributed by atoms with Crippen molar-refractivity contribution in [2.45, 2.75) is 29.7 Å². The van der Waals surface area contributed by atoms with Gasteiger partial charge in [0.05, 0.1) is 5.02 Å². The normalized spacial score (nSPS) is 10.5. The van der Waals surface area contributed by atoms with Gasteiger partial charge in [-0.2, -0.15) is 0 Å². The molecule has 0 saturated carbocycles. The molecule has 3 nitrogen and oxygen atoms in total. The molecule has 0 aliphatic heterocycles. The summed E-state index contributed by atoms with van der Waals surface area (Å²) in [7, 11) is 1.88. The zero-order chi connectivity index (χ0) is 13.7. The van der Waals surface area contributed by atoms with E-state index in [0.29, 0.717) is 0 Å². The van der Waals surface area contributed by atoms with E-state index in [4.69, 9.17) is 11.6 Å². The smallest absolute Gasteiger partial charge is 0.133 e. The van der Waals surface area contributed by atoms with Gasteiger partial charge in [-0.15, -0.1) is 0 Å². The standard InChI is InChI=1S/C14H16ClN3S/c1-3-6-10-13(16-2)17-9-18-14(10)19-12-8-5-4-7-11(12)15/h4-5,7-9H,3,6H2,1-2H3,(H,16,17,18).